The lowest BCUT2D eigenvalue weighted by atomic mass is 10.1. The van der Waals surface area contributed by atoms with Crippen LogP contribution in [0.2, 0.25) is 0 Å². The van der Waals surface area contributed by atoms with E-state index in [1.807, 2.05) is 0 Å². The van der Waals surface area contributed by atoms with Crippen molar-refractivity contribution in [3.8, 4) is 11.5 Å². The van der Waals surface area contributed by atoms with Gasteiger partial charge in [-0.25, -0.2) is 0 Å². The predicted molar refractivity (Wildman–Crippen MR) is 127 cm³/mol. The fourth-order valence-electron chi connectivity index (χ4n) is 3.49. The van der Waals surface area contributed by atoms with E-state index in [-0.39, 0.29) is 23.3 Å². The number of carbonyl (C=O) groups is 2. The molecule has 4 N–H and O–H groups in total. The summed E-state index contributed by atoms with van der Waals surface area (Å²) >= 11 is 0. The van der Waals surface area contributed by atoms with Gasteiger partial charge in [-0.2, -0.15) is 0 Å². The number of rotatable bonds is 15. The molecule has 0 atom stereocenters. The van der Waals surface area contributed by atoms with Crippen molar-refractivity contribution in [2.45, 2.75) is 64.2 Å². The number of unbranched alkanes of at least 4 members (excludes halogenated alkanes) is 7. The van der Waals surface area contributed by atoms with Gasteiger partial charge in [-0.3, -0.25) is 9.59 Å². The number of amides is 2. The summed E-state index contributed by atoms with van der Waals surface area (Å²) in [7, 11) is 0. The van der Waals surface area contributed by atoms with E-state index in [2.05, 4.69) is 10.6 Å². The minimum atomic E-state index is 0.0193. The summed E-state index contributed by atoms with van der Waals surface area (Å²) in [5.74, 6) is 0.461. The Morgan fingerprint density at radius 3 is 1.19 bits per heavy atom. The summed E-state index contributed by atoms with van der Waals surface area (Å²) in [5, 5.41) is 24.4. The molecule has 2 aromatic rings. The molecule has 0 radical (unpaired) electrons. The molecule has 0 aliphatic heterocycles. The van der Waals surface area contributed by atoms with Gasteiger partial charge >= 0.3 is 0 Å². The lowest BCUT2D eigenvalue weighted by Gasteiger charge is -2.07. The number of hydrogen-bond donors (Lipinski definition) is 4. The second-order valence-corrected chi connectivity index (χ2v) is 8.21. The topological polar surface area (TPSA) is 98.7 Å². The van der Waals surface area contributed by atoms with Crippen molar-refractivity contribution < 1.29 is 19.8 Å². The summed E-state index contributed by atoms with van der Waals surface area (Å²) in [6, 6.07) is 13.4. The molecular weight excluding hydrogens is 404 g/mol. The van der Waals surface area contributed by atoms with Gasteiger partial charge in [-0.05, 0) is 48.2 Å². The first-order valence-corrected chi connectivity index (χ1v) is 11.6. The molecule has 0 heterocycles. The lowest BCUT2D eigenvalue weighted by molar-refractivity contribution is -0.121. The van der Waals surface area contributed by atoms with Crippen molar-refractivity contribution in [3.63, 3.8) is 0 Å². The molecule has 2 amide bonds. The van der Waals surface area contributed by atoms with Crippen molar-refractivity contribution in [2.75, 3.05) is 13.1 Å². The molecule has 174 valence electrons. The van der Waals surface area contributed by atoms with Crippen molar-refractivity contribution in [3.05, 3.63) is 59.7 Å². The number of nitrogens with one attached hydrogen (secondary N) is 2. The maximum absolute atomic E-state index is 11.9. The van der Waals surface area contributed by atoms with E-state index in [1.54, 1.807) is 48.5 Å². The molecule has 2 rings (SSSR count). The van der Waals surface area contributed by atoms with Gasteiger partial charge in [-0.15, -0.1) is 0 Å². The number of aromatic hydroxyl groups is 2. The average Bonchev–Trinajstić information content (AvgIpc) is 2.77. The first kappa shape index (κ1) is 25.2. The largest absolute Gasteiger partial charge is 0.508 e. The SMILES string of the molecule is O=C(Cc1ccc(O)cc1)NCCCCCCCCCCNC(=O)Cc1ccc(O)cc1. The van der Waals surface area contributed by atoms with Gasteiger partial charge in [0, 0.05) is 13.1 Å². The smallest absolute Gasteiger partial charge is 0.224 e. The quantitative estimate of drug-likeness (QED) is 0.311. The summed E-state index contributed by atoms with van der Waals surface area (Å²) in [6.07, 6.45) is 9.68. The first-order valence-electron chi connectivity index (χ1n) is 11.6. The van der Waals surface area contributed by atoms with Crippen LogP contribution in [-0.4, -0.2) is 35.1 Å². The Bertz CT molecular complexity index is 734. The Hall–Kier alpha value is -3.02. The maximum atomic E-state index is 11.9. The zero-order chi connectivity index (χ0) is 23.0. The zero-order valence-corrected chi connectivity index (χ0v) is 18.8. The van der Waals surface area contributed by atoms with Crippen molar-refractivity contribution in [2.24, 2.45) is 0 Å². The third kappa shape index (κ3) is 11.4. The van der Waals surface area contributed by atoms with Crippen LogP contribution in [0.25, 0.3) is 0 Å². The van der Waals surface area contributed by atoms with E-state index in [4.69, 9.17) is 0 Å². The van der Waals surface area contributed by atoms with Gasteiger partial charge in [0.2, 0.25) is 11.8 Å². The Morgan fingerprint density at radius 2 is 0.844 bits per heavy atom. The van der Waals surface area contributed by atoms with E-state index in [1.165, 1.54) is 25.7 Å². The molecule has 6 heteroatoms. The van der Waals surface area contributed by atoms with Crippen LogP contribution >= 0.6 is 0 Å². The van der Waals surface area contributed by atoms with E-state index >= 15 is 0 Å². The standard InChI is InChI=1S/C26H36N2O4/c29-23-13-9-21(10-14-23)19-25(31)27-17-7-5-3-1-2-4-6-8-18-28-26(32)20-22-11-15-24(30)16-12-22/h9-16,29-30H,1-8,17-20H2,(H,27,31)(H,28,32). The average molecular weight is 441 g/mol. The number of hydrogen-bond acceptors (Lipinski definition) is 4. The third-order valence-corrected chi connectivity index (χ3v) is 5.35. The first-order chi connectivity index (χ1) is 15.5. The van der Waals surface area contributed by atoms with Crippen molar-refractivity contribution in [1.82, 2.24) is 10.6 Å². The van der Waals surface area contributed by atoms with Gasteiger partial charge in [-0.1, -0.05) is 62.8 Å². The van der Waals surface area contributed by atoms with Gasteiger partial charge in [0.1, 0.15) is 11.5 Å². The second kappa shape index (κ2) is 14.9. The van der Waals surface area contributed by atoms with Crippen LogP contribution in [0.1, 0.15) is 62.5 Å². The van der Waals surface area contributed by atoms with Crippen LogP contribution in [0.3, 0.4) is 0 Å². The summed E-state index contributed by atoms with van der Waals surface area (Å²) in [5.41, 5.74) is 1.80. The van der Waals surface area contributed by atoms with Crippen molar-refractivity contribution in [1.29, 1.82) is 0 Å². The Morgan fingerprint density at radius 1 is 0.531 bits per heavy atom. The molecule has 0 saturated heterocycles. The van der Waals surface area contributed by atoms with Crippen LogP contribution in [0.15, 0.2) is 48.5 Å². The molecule has 0 saturated carbocycles. The van der Waals surface area contributed by atoms with Crippen LogP contribution < -0.4 is 10.6 Å². The predicted octanol–water partition coefficient (Wildman–Crippen LogP) is 4.24. The second-order valence-electron chi connectivity index (χ2n) is 8.21. The molecule has 0 spiro atoms. The fraction of sp³-hybridized carbons (Fsp3) is 0.462. The minimum Gasteiger partial charge on any atom is -0.508 e. The molecule has 6 nitrogen and oxygen atoms in total. The Kier molecular flexibility index (Phi) is 11.7. The minimum absolute atomic E-state index is 0.0193. The van der Waals surface area contributed by atoms with E-state index < -0.39 is 0 Å². The molecule has 32 heavy (non-hydrogen) atoms. The highest BCUT2D eigenvalue weighted by Gasteiger charge is 2.04. The number of phenols is 2. The van der Waals surface area contributed by atoms with Gasteiger partial charge < -0.3 is 20.8 Å². The fourth-order valence-corrected chi connectivity index (χ4v) is 3.49. The van der Waals surface area contributed by atoms with Gasteiger partial charge in [0.05, 0.1) is 12.8 Å². The van der Waals surface area contributed by atoms with E-state index in [0.29, 0.717) is 25.9 Å². The normalized spacial score (nSPS) is 10.6. The van der Waals surface area contributed by atoms with Crippen LogP contribution in [0.5, 0.6) is 11.5 Å². The molecule has 0 aliphatic carbocycles. The molecule has 0 aromatic heterocycles. The van der Waals surface area contributed by atoms with Crippen LogP contribution in [0.4, 0.5) is 0 Å². The third-order valence-electron chi connectivity index (χ3n) is 5.35. The summed E-state index contributed by atoms with van der Waals surface area (Å²) in [4.78, 5) is 23.8. The Balaban J connectivity index is 1.35. The molecule has 0 aliphatic rings. The molecule has 2 aromatic carbocycles. The Labute approximate surface area is 191 Å². The number of carbonyl (C=O) groups excluding carboxylic acids is 2. The van der Waals surface area contributed by atoms with Crippen LogP contribution in [0, 0.1) is 0 Å². The number of phenolic OH excluding ortho intramolecular Hbond substituents is 2. The molecule has 0 bridgehead atoms. The molecular formula is C26H36N2O4. The zero-order valence-electron chi connectivity index (χ0n) is 18.8. The monoisotopic (exact) mass is 440 g/mol. The maximum Gasteiger partial charge on any atom is 0.224 e. The highest BCUT2D eigenvalue weighted by molar-refractivity contribution is 5.79. The number of benzene rings is 2. The van der Waals surface area contributed by atoms with E-state index in [0.717, 1.165) is 36.8 Å². The molecule has 0 fully saturated rings. The highest BCUT2D eigenvalue weighted by Crippen LogP contribution is 2.11. The van der Waals surface area contributed by atoms with E-state index in [9.17, 15) is 19.8 Å². The molecule has 0 unspecified atom stereocenters. The van der Waals surface area contributed by atoms with Gasteiger partial charge in [0.25, 0.3) is 0 Å². The summed E-state index contributed by atoms with van der Waals surface area (Å²) < 4.78 is 0. The van der Waals surface area contributed by atoms with Gasteiger partial charge in [0.15, 0.2) is 0 Å². The van der Waals surface area contributed by atoms with Crippen LogP contribution in [-0.2, 0) is 22.4 Å². The highest BCUT2D eigenvalue weighted by atomic mass is 16.3. The van der Waals surface area contributed by atoms with Crippen molar-refractivity contribution >= 4 is 11.8 Å². The lowest BCUT2D eigenvalue weighted by Crippen LogP contribution is -2.26. The summed E-state index contributed by atoms with van der Waals surface area (Å²) in [6.45, 7) is 1.42.